The highest BCUT2D eigenvalue weighted by Gasteiger charge is 2.34. The van der Waals surface area contributed by atoms with E-state index < -0.39 is 11.9 Å². The Morgan fingerprint density at radius 2 is 1.70 bits per heavy atom. The Hall–Kier alpha value is -1.73. The number of hydrogen-bond acceptors (Lipinski definition) is 4. The number of benzene rings is 1. The van der Waals surface area contributed by atoms with Crippen LogP contribution in [0.4, 0.5) is 30.6 Å². The molecule has 0 aliphatic heterocycles. The molecule has 0 saturated carbocycles. The lowest BCUT2D eigenvalue weighted by atomic mass is 10.3. The second kappa shape index (κ2) is 6.80. The zero-order valence-electron chi connectivity index (χ0n) is 12.2. The van der Waals surface area contributed by atoms with Crippen LogP contribution in [0.15, 0.2) is 24.3 Å². The molecule has 0 amide bonds. The Bertz CT molecular complexity index is 685. The van der Waals surface area contributed by atoms with Crippen LogP contribution in [0.25, 0.3) is 0 Å². The van der Waals surface area contributed by atoms with Crippen molar-refractivity contribution in [2.45, 2.75) is 26.1 Å². The normalized spacial score (nSPS) is 11.7. The smallest absolute Gasteiger partial charge is 0.352 e. The molecule has 9 heteroatoms. The van der Waals surface area contributed by atoms with Crippen LogP contribution in [0.3, 0.4) is 0 Å². The Morgan fingerprint density at radius 1 is 1.09 bits per heavy atom. The van der Waals surface area contributed by atoms with Crippen molar-refractivity contribution < 1.29 is 13.2 Å². The first kappa shape index (κ1) is 17.6. The third-order valence-electron chi connectivity index (χ3n) is 2.65. The number of hydrogen-bond donors (Lipinski definition) is 2. The minimum Gasteiger partial charge on any atom is -0.352 e. The first-order chi connectivity index (χ1) is 10.7. The summed E-state index contributed by atoms with van der Waals surface area (Å²) in [7, 11) is 0. The van der Waals surface area contributed by atoms with Gasteiger partial charge < -0.3 is 10.6 Å². The molecular weight excluding hydrogens is 352 g/mol. The van der Waals surface area contributed by atoms with Gasteiger partial charge in [0.05, 0.1) is 15.7 Å². The van der Waals surface area contributed by atoms with Gasteiger partial charge in [0.1, 0.15) is 5.82 Å². The van der Waals surface area contributed by atoms with Gasteiger partial charge in [-0.15, -0.1) is 0 Å². The fourth-order valence-electron chi connectivity index (χ4n) is 1.72. The molecule has 0 aliphatic rings. The average molecular weight is 365 g/mol. The van der Waals surface area contributed by atoms with Crippen LogP contribution in [0, 0.1) is 0 Å². The first-order valence-corrected chi connectivity index (χ1v) is 7.36. The molecule has 1 aromatic heterocycles. The highest BCUT2D eigenvalue weighted by molar-refractivity contribution is 6.39. The number of alkyl halides is 3. The van der Waals surface area contributed by atoms with E-state index in [0.29, 0.717) is 0 Å². The topological polar surface area (TPSA) is 49.8 Å². The number of rotatable bonds is 4. The van der Waals surface area contributed by atoms with Crippen LogP contribution in [0.5, 0.6) is 0 Å². The van der Waals surface area contributed by atoms with Crippen LogP contribution in [-0.2, 0) is 6.18 Å². The summed E-state index contributed by atoms with van der Waals surface area (Å²) in [6.07, 6.45) is -4.60. The molecule has 0 bridgehead atoms. The van der Waals surface area contributed by atoms with Gasteiger partial charge in [-0.1, -0.05) is 29.3 Å². The van der Waals surface area contributed by atoms with E-state index in [-0.39, 0.29) is 33.5 Å². The molecule has 0 fully saturated rings. The van der Waals surface area contributed by atoms with E-state index in [2.05, 4.69) is 20.6 Å². The van der Waals surface area contributed by atoms with Crippen molar-refractivity contribution in [1.82, 2.24) is 9.97 Å². The Labute approximate surface area is 141 Å². The molecule has 2 aromatic rings. The molecule has 2 N–H and O–H groups in total. The fraction of sp³-hybridized carbons (Fsp3) is 0.286. The van der Waals surface area contributed by atoms with Crippen molar-refractivity contribution in [3.63, 3.8) is 0 Å². The number of para-hydroxylation sites is 1. The average Bonchev–Trinajstić information content (AvgIpc) is 2.41. The highest BCUT2D eigenvalue weighted by atomic mass is 35.5. The van der Waals surface area contributed by atoms with Crippen molar-refractivity contribution in [3.05, 3.63) is 40.0 Å². The molecule has 0 atom stereocenters. The Balaban J connectivity index is 2.45. The summed E-state index contributed by atoms with van der Waals surface area (Å²) in [6, 6.07) is 5.42. The second-order valence-electron chi connectivity index (χ2n) is 4.98. The molecule has 0 saturated heterocycles. The third-order valence-corrected chi connectivity index (χ3v) is 3.28. The van der Waals surface area contributed by atoms with Gasteiger partial charge >= 0.3 is 6.18 Å². The molecule has 0 unspecified atom stereocenters. The van der Waals surface area contributed by atoms with Gasteiger partial charge in [-0.25, -0.2) is 4.98 Å². The van der Waals surface area contributed by atoms with Crippen molar-refractivity contribution in [1.29, 1.82) is 0 Å². The standard InChI is InChI=1S/C14H13Cl2F3N4/c1-7(2)20-13-21-10(14(17,18)19)6-11(23-13)22-12-8(15)4-3-5-9(12)16/h3-7H,1-2H3,(H2,20,21,22,23). The molecule has 0 spiro atoms. The zero-order valence-corrected chi connectivity index (χ0v) is 13.7. The number of aromatic nitrogens is 2. The largest absolute Gasteiger partial charge is 0.433 e. The summed E-state index contributed by atoms with van der Waals surface area (Å²) in [5.74, 6) is -0.203. The monoisotopic (exact) mass is 364 g/mol. The van der Waals surface area contributed by atoms with E-state index in [1.54, 1.807) is 32.0 Å². The van der Waals surface area contributed by atoms with Crippen molar-refractivity contribution in [3.8, 4) is 0 Å². The van der Waals surface area contributed by atoms with Gasteiger partial charge in [-0.2, -0.15) is 18.2 Å². The summed E-state index contributed by atoms with van der Waals surface area (Å²) < 4.78 is 39.0. The number of halogens is 5. The maximum Gasteiger partial charge on any atom is 0.433 e. The lowest BCUT2D eigenvalue weighted by Gasteiger charge is -2.15. The van der Waals surface area contributed by atoms with E-state index in [4.69, 9.17) is 23.2 Å². The minimum atomic E-state index is -4.60. The molecule has 1 heterocycles. The lowest BCUT2D eigenvalue weighted by Crippen LogP contribution is -2.17. The van der Waals surface area contributed by atoms with Gasteiger partial charge in [0, 0.05) is 12.1 Å². The van der Waals surface area contributed by atoms with E-state index >= 15 is 0 Å². The zero-order chi connectivity index (χ0) is 17.2. The lowest BCUT2D eigenvalue weighted by molar-refractivity contribution is -0.141. The van der Waals surface area contributed by atoms with Crippen LogP contribution in [-0.4, -0.2) is 16.0 Å². The molecule has 124 valence electrons. The molecule has 0 radical (unpaired) electrons. The Morgan fingerprint density at radius 3 is 2.22 bits per heavy atom. The van der Waals surface area contributed by atoms with Crippen LogP contribution in [0.2, 0.25) is 10.0 Å². The van der Waals surface area contributed by atoms with E-state index in [0.717, 1.165) is 6.07 Å². The number of nitrogens with one attached hydrogen (secondary N) is 2. The number of anilines is 3. The SMILES string of the molecule is CC(C)Nc1nc(Nc2c(Cl)cccc2Cl)cc(C(F)(F)F)n1. The molecular formula is C14H13Cl2F3N4. The van der Waals surface area contributed by atoms with Crippen LogP contribution >= 0.6 is 23.2 Å². The molecule has 23 heavy (non-hydrogen) atoms. The number of nitrogens with zero attached hydrogens (tertiary/aromatic N) is 2. The summed E-state index contributed by atoms with van der Waals surface area (Å²) in [6.45, 7) is 3.53. The molecule has 2 rings (SSSR count). The quantitative estimate of drug-likeness (QED) is 0.765. The fourth-order valence-corrected chi connectivity index (χ4v) is 2.22. The molecule has 4 nitrogen and oxygen atoms in total. The van der Waals surface area contributed by atoms with Crippen molar-refractivity contribution in [2.24, 2.45) is 0 Å². The summed E-state index contributed by atoms with van der Waals surface area (Å²) in [5.41, 5.74) is -0.792. The van der Waals surface area contributed by atoms with Gasteiger partial charge in [-0.3, -0.25) is 0 Å². The maximum absolute atomic E-state index is 13.0. The van der Waals surface area contributed by atoms with Gasteiger partial charge in [0.25, 0.3) is 0 Å². The van der Waals surface area contributed by atoms with Gasteiger partial charge in [-0.05, 0) is 26.0 Å². The Kier molecular flexibility index (Phi) is 5.21. The maximum atomic E-state index is 13.0. The van der Waals surface area contributed by atoms with Crippen molar-refractivity contribution in [2.75, 3.05) is 10.6 Å². The summed E-state index contributed by atoms with van der Waals surface area (Å²) in [4.78, 5) is 7.49. The minimum absolute atomic E-state index is 0.0644. The molecule has 0 aliphatic carbocycles. The summed E-state index contributed by atoms with van der Waals surface area (Å²) in [5, 5.41) is 5.99. The summed E-state index contributed by atoms with van der Waals surface area (Å²) >= 11 is 12.0. The highest BCUT2D eigenvalue weighted by Crippen LogP contribution is 2.34. The van der Waals surface area contributed by atoms with E-state index in [1.165, 1.54) is 0 Å². The van der Waals surface area contributed by atoms with Crippen LogP contribution < -0.4 is 10.6 Å². The van der Waals surface area contributed by atoms with E-state index in [9.17, 15) is 13.2 Å². The predicted molar refractivity (Wildman–Crippen MR) is 85.5 cm³/mol. The van der Waals surface area contributed by atoms with E-state index in [1.807, 2.05) is 0 Å². The first-order valence-electron chi connectivity index (χ1n) is 6.60. The third kappa shape index (κ3) is 4.62. The molecule has 1 aromatic carbocycles. The second-order valence-corrected chi connectivity index (χ2v) is 5.79. The van der Waals surface area contributed by atoms with Crippen molar-refractivity contribution >= 4 is 40.7 Å². The predicted octanol–water partition coefficient (Wildman–Crippen LogP) is 5.37. The van der Waals surface area contributed by atoms with Gasteiger partial charge in [0.2, 0.25) is 5.95 Å². The van der Waals surface area contributed by atoms with Gasteiger partial charge in [0.15, 0.2) is 5.69 Å². The van der Waals surface area contributed by atoms with Crippen LogP contribution in [0.1, 0.15) is 19.5 Å².